The van der Waals surface area contributed by atoms with Gasteiger partial charge in [0.2, 0.25) is 5.91 Å². The molecule has 2 aromatic rings. The van der Waals surface area contributed by atoms with Gasteiger partial charge in [0, 0.05) is 17.5 Å². The maximum Gasteiger partial charge on any atom is 0.228 e. The van der Waals surface area contributed by atoms with Crippen molar-refractivity contribution in [1.29, 1.82) is 5.26 Å². The Morgan fingerprint density at radius 1 is 1.13 bits per heavy atom. The van der Waals surface area contributed by atoms with Gasteiger partial charge in [-0.1, -0.05) is 12.1 Å². The Labute approximate surface area is 177 Å². The quantitative estimate of drug-likeness (QED) is 0.773. The lowest BCUT2D eigenvalue weighted by Crippen LogP contribution is -2.48. The zero-order valence-corrected chi connectivity index (χ0v) is 18.2. The molecule has 5 heteroatoms. The fourth-order valence-corrected chi connectivity index (χ4v) is 5.83. The van der Waals surface area contributed by atoms with Gasteiger partial charge in [0.25, 0.3) is 0 Å². The van der Waals surface area contributed by atoms with E-state index in [4.69, 9.17) is 4.74 Å². The van der Waals surface area contributed by atoms with Gasteiger partial charge in [0.05, 0.1) is 22.7 Å². The topological polar surface area (TPSA) is 75.0 Å². The molecular weight excluding hydrogens is 374 g/mol. The van der Waals surface area contributed by atoms with Gasteiger partial charge in [-0.25, -0.2) is 4.98 Å². The Kier molecular flexibility index (Phi) is 3.93. The van der Waals surface area contributed by atoms with Gasteiger partial charge < -0.3 is 10.1 Å². The molecule has 156 valence electrons. The monoisotopic (exact) mass is 403 g/mol. The maximum absolute atomic E-state index is 13.0. The van der Waals surface area contributed by atoms with Crippen molar-refractivity contribution in [3.63, 3.8) is 0 Å². The molecule has 1 spiro atoms. The van der Waals surface area contributed by atoms with E-state index in [1.165, 1.54) is 0 Å². The van der Waals surface area contributed by atoms with Crippen LogP contribution in [0.25, 0.3) is 10.8 Å². The van der Waals surface area contributed by atoms with Crippen LogP contribution >= 0.6 is 0 Å². The second-order valence-corrected chi connectivity index (χ2v) is 10.8. The predicted molar refractivity (Wildman–Crippen MR) is 116 cm³/mol. The molecule has 3 fully saturated rings. The molecular formula is C25H29N3O2. The van der Waals surface area contributed by atoms with Crippen LogP contribution in [0.15, 0.2) is 30.5 Å². The summed E-state index contributed by atoms with van der Waals surface area (Å²) in [4.78, 5) is 17.5. The molecule has 0 bridgehead atoms. The molecule has 1 saturated heterocycles. The third-order valence-corrected chi connectivity index (χ3v) is 7.29. The summed E-state index contributed by atoms with van der Waals surface area (Å²) >= 11 is 0. The van der Waals surface area contributed by atoms with E-state index in [-0.39, 0.29) is 33.9 Å². The van der Waals surface area contributed by atoms with Gasteiger partial charge in [0.1, 0.15) is 5.82 Å². The number of benzene rings is 1. The van der Waals surface area contributed by atoms with E-state index in [0.29, 0.717) is 18.7 Å². The normalized spacial score (nSPS) is 28.1. The third kappa shape index (κ3) is 3.09. The summed E-state index contributed by atoms with van der Waals surface area (Å²) in [6.07, 6.45) is 6.47. The molecule has 1 N–H and O–H groups in total. The van der Waals surface area contributed by atoms with E-state index >= 15 is 0 Å². The highest BCUT2D eigenvalue weighted by molar-refractivity contribution is 5.94. The Morgan fingerprint density at radius 3 is 2.43 bits per heavy atom. The Morgan fingerprint density at radius 2 is 1.83 bits per heavy atom. The average Bonchev–Trinajstić information content (AvgIpc) is 3.57. The Balaban J connectivity index is 1.39. The number of ether oxygens (including phenoxy) is 1. The summed E-state index contributed by atoms with van der Waals surface area (Å²) in [5.41, 5.74) is 0.371. The third-order valence-electron chi connectivity index (χ3n) is 7.29. The van der Waals surface area contributed by atoms with E-state index < -0.39 is 0 Å². The Hall–Kier alpha value is -2.45. The van der Waals surface area contributed by atoms with Crippen molar-refractivity contribution in [2.24, 2.45) is 11.3 Å². The first kappa shape index (κ1) is 19.5. The lowest BCUT2D eigenvalue weighted by Gasteiger charge is -2.44. The molecule has 1 aromatic carbocycles. The number of hydrogen-bond donors (Lipinski definition) is 1. The van der Waals surface area contributed by atoms with Gasteiger partial charge in [-0.05, 0) is 88.3 Å². The van der Waals surface area contributed by atoms with E-state index in [9.17, 15) is 10.1 Å². The van der Waals surface area contributed by atoms with Crippen molar-refractivity contribution in [2.45, 2.75) is 76.4 Å². The predicted octanol–water partition coefficient (Wildman–Crippen LogP) is 5.10. The minimum absolute atomic E-state index is 0.00456. The molecule has 5 nitrogen and oxygen atoms in total. The highest BCUT2D eigenvalue weighted by atomic mass is 16.5. The van der Waals surface area contributed by atoms with E-state index in [1.807, 2.05) is 39.8 Å². The molecule has 3 aliphatic rings. The number of nitrogens with one attached hydrogen (secondary N) is 1. The molecule has 1 aliphatic heterocycles. The number of fused-ring (bicyclic) bond motifs is 1. The summed E-state index contributed by atoms with van der Waals surface area (Å²) in [6.45, 7) is 8.16. The molecule has 1 atom stereocenters. The van der Waals surface area contributed by atoms with Crippen LogP contribution in [0.3, 0.4) is 0 Å². The van der Waals surface area contributed by atoms with Crippen LogP contribution in [0.1, 0.15) is 65.4 Å². The van der Waals surface area contributed by atoms with Gasteiger partial charge in [-0.2, -0.15) is 5.26 Å². The maximum atomic E-state index is 13.0. The smallest absolute Gasteiger partial charge is 0.228 e. The number of carbonyl (C=O) groups excluding carboxylic acids is 1. The van der Waals surface area contributed by atoms with Crippen molar-refractivity contribution in [1.82, 2.24) is 4.98 Å². The number of anilines is 1. The summed E-state index contributed by atoms with van der Waals surface area (Å²) in [5, 5.41) is 14.9. The number of carbonyl (C=O) groups is 1. The number of nitrogens with zero attached hydrogens (tertiary/aromatic N) is 2. The van der Waals surface area contributed by atoms with Gasteiger partial charge >= 0.3 is 0 Å². The van der Waals surface area contributed by atoms with Gasteiger partial charge in [0.15, 0.2) is 0 Å². The molecule has 0 radical (unpaired) electrons. The van der Waals surface area contributed by atoms with Crippen molar-refractivity contribution < 1.29 is 9.53 Å². The summed E-state index contributed by atoms with van der Waals surface area (Å²) in [6, 6.07) is 10.8. The van der Waals surface area contributed by atoms with Crippen molar-refractivity contribution in [2.75, 3.05) is 5.32 Å². The van der Waals surface area contributed by atoms with Crippen LogP contribution in [0.5, 0.6) is 0 Å². The first-order valence-corrected chi connectivity index (χ1v) is 10.9. The number of amides is 1. The molecule has 1 amide bonds. The van der Waals surface area contributed by atoms with Gasteiger partial charge in [-0.3, -0.25) is 4.79 Å². The van der Waals surface area contributed by atoms with E-state index in [2.05, 4.69) is 28.5 Å². The molecule has 2 heterocycles. The lowest BCUT2D eigenvalue weighted by molar-refractivity contribution is -0.176. The highest BCUT2D eigenvalue weighted by Gasteiger charge is 2.75. The molecule has 2 aliphatic carbocycles. The fraction of sp³-hybridized carbons (Fsp3) is 0.560. The minimum Gasteiger partial charge on any atom is -0.370 e. The molecule has 30 heavy (non-hydrogen) atoms. The standard InChI is InChI=1S/C25H29N3O2/c1-22(2)11-18(12-23(3,4)30-22)21(29)28-20-10-17-9-19(6-5-16(17)13-27-20)25(15-26)14-24(25)7-8-24/h5-6,9-10,13,18H,7-8,11-12,14H2,1-4H3,(H,27,28,29)/t25-/m1/s1. The zero-order valence-electron chi connectivity index (χ0n) is 18.2. The van der Waals surface area contributed by atoms with Gasteiger partial charge in [-0.15, -0.1) is 0 Å². The van der Waals surface area contributed by atoms with Crippen molar-refractivity contribution in [3.8, 4) is 6.07 Å². The second kappa shape index (κ2) is 6.04. The summed E-state index contributed by atoms with van der Waals surface area (Å²) in [5.74, 6) is 0.445. The first-order chi connectivity index (χ1) is 14.1. The molecule has 1 aromatic heterocycles. The van der Waals surface area contributed by atoms with E-state index in [1.54, 1.807) is 6.20 Å². The van der Waals surface area contributed by atoms with E-state index in [0.717, 1.165) is 35.6 Å². The SMILES string of the molecule is CC1(C)CC(C(=O)Nc2cc3cc([C@]4(C#N)CC45CC5)ccc3cn2)CC(C)(C)O1. The van der Waals surface area contributed by atoms with Crippen molar-refractivity contribution >= 4 is 22.5 Å². The van der Waals surface area contributed by atoms with Crippen LogP contribution in [-0.2, 0) is 14.9 Å². The van der Waals surface area contributed by atoms with Crippen LogP contribution in [0.2, 0.25) is 0 Å². The van der Waals surface area contributed by atoms with Crippen LogP contribution < -0.4 is 5.32 Å². The molecule has 5 rings (SSSR count). The van der Waals surface area contributed by atoms with Crippen LogP contribution in [0.4, 0.5) is 5.82 Å². The summed E-state index contributed by atoms with van der Waals surface area (Å²) in [7, 11) is 0. The summed E-state index contributed by atoms with van der Waals surface area (Å²) < 4.78 is 6.11. The molecule has 0 unspecified atom stereocenters. The number of aromatic nitrogens is 1. The first-order valence-electron chi connectivity index (χ1n) is 10.9. The largest absolute Gasteiger partial charge is 0.370 e. The van der Waals surface area contributed by atoms with Crippen LogP contribution in [0, 0.1) is 22.7 Å². The second-order valence-electron chi connectivity index (χ2n) is 10.8. The highest BCUT2D eigenvalue weighted by Crippen LogP contribution is 2.78. The lowest BCUT2D eigenvalue weighted by atomic mass is 9.80. The molecule has 2 saturated carbocycles. The Bertz CT molecular complexity index is 1080. The van der Waals surface area contributed by atoms with Crippen molar-refractivity contribution in [3.05, 3.63) is 36.0 Å². The zero-order chi connectivity index (χ0) is 21.4. The average molecular weight is 404 g/mol. The minimum atomic E-state index is -0.329. The van der Waals surface area contributed by atoms with Crippen LogP contribution in [-0.4, -0.2) is 22.1 Å². The fourth-order valence-electron chi connectivity index (χ4n) is 5.83. The number of hydrogen-bond acceptors (Lipinski definition) is 4. The number of rotatable bonds is 3. The number of pyridine rings is 1. The number of nitriles is 1.